The van der Waals surface area contributed by atoms with E-state index in [0.29, 0.717) is 53.8 Å². The highest BCUT2D eigenvalue weighted by Gasteiger charge is 2.51. The van der Waals surface area contributed by atoms with E-state index in [9.17, 15) is 37.5 Å². The number of hydrogen-bond acceptors (Lipinski definition) is 11. The second-order valence-electron chi connectivity index (χ2n) is 12.9. The summed E-state index contributed by atoms with van der Waals surface area (Å²) in [6, 6.07) is 8.50. The zero-order valence-corrected chi connectivity index (χ0v) is 30.3. The number of ether oxygens (including phenoxy) is 2. The highest BCUT2D eigenvalue weighted by atomic mass is 19.3. The summed E-state index contributed by atoms with van der Waals surface area (Å²) in [5.41, 5.74) is 15.9. The van der Waals surface area contributed by atoms with Crippen LogP contribution in [0, 0.1) is 0 Å². The Kier molecular flexibility index (Phi) is 13.9. The molecule has 0 spiro atoms. The maximum Gasteiger partial charge on any atom is 0.289 e. The van der Waals surface area contributed by atoms with E-state index < -0.39 is 61.0 Å². The van der Waals surface area contributed by atoms with Crippen molar-refractivity contribution in [1.82, 2.24) is 31.1 Å². The zero-order chi connectivity index (χ0) is 39.6. The van der Waals surface area contributed by atoms with Gasteiger partial charge in [-0.05, 0) is 40.8 Å². The number of amides is 5. The molecular formula is C36H46F2N8O8. The van der Waals surface area contributed by atoms with E-state index in [0.717, 1.165) is 0 Å². The first-order valence-corrected chi connectivity index (χ1v) is 17.2. The molecule has 0 bridgehead atoms. The van der Waals surface area contributed by atoms with Crippen molar-refractivity contribution in [2.24, 2.45) is 11.5 Å². The van der Waals surface area contributed by atoms with E-state index in [1.807, 2.05) is 11.0 Å². The highest BCUT2D eigenvalue weighted by molar-refractivity contribution is 6.38. The number of rotatable bonds is 13. The van der Waals surface area contributed by atoms with Gasteiger partial charge < -0.3 is 52.0 Å². The Morgan fingerprint density at radius 2 is 1.78 bits per heavy atom. The summed E-state index contributed by atoms with van der Waals surface area (Å²) in [5, 5.41) is 10.2. The van der Waals surface area contributed by atoms with Gasteiger partial charge in [-0.25, -0.2) is 8.78 Å². The summed E-state index contributed by atoms with van der Waals surface area (Å²) >= 11 is 0. The fourth-order valence-electron chi connectivity index (χ4n) is 6.15. The van der Waals surface area contributed by atoms with Gasteiger partial charge in [0, 0.05) is 64.4 Å². The number of Topliss-reactive ketones (excluding diaryl/α,β-unsaturated/α-hetero) is 1. The minimum atomic E-state index is -3.37. The second-order valence-corrected chi connectivity index (χ2v) is 12.9. The van der Waals surface area contributed by atoms with E-state index in [-0.39, 0.29) is 31.2 Å². The number of alkyl halides is 2. The Morgan fingerprint density at radius 3 is 2.43 bits per heavy atom. The van der Waals surface area contributed by atoms with Gasteiger partial charge in [0.25, 0.3) is 11.8 Å². The number of carbonyl (C=O) groups excluding carboxylic acids is 6. The lowest BCUT2D eigenvalue weighted by atomic mass is 10.0. The Hall–Kier alpha value is -5.78. The third kappa shape index (κ3) is 10.6. The molecule has 0 saturated carbocycles. The van der Waals surface area contributed by atoms with Crippen molar-refractivity contribution < 1.29 is 47.0 Å². The molecule has 5 amide bonds. The number of carbonyl (C=O) groups is 6. The number of ketones is 1. The fraction of sp³-hybridized carbons (Fsp3) is 0.444. The van der Waals surface area contributed by atoms with Crippen LogP contribution in [-0.2, 0) is 54.9 Å². The second kappa shape index (κ2) is 18.3. The Labute approximate surface area is 310 Å². The minimum absolute atomic E-state index is 0.0921. The minimum Gasteiger partial charge on any atom is -0.493 e. The predicted molar refractivity (Wildman–Crippen MR) is 190 cm³/mol. The van der Waals surface area contributed by atoms with Crippen LogP contribution in [-0.4, -0.2) is 97.0 Å². The molecule has 18 heteroatoms. The Morgan fingerprint density at radius 1 is 1.04 bits per heavy atom. The number of likely N-dealkylation sites (tertiary alicyclic amines) is 1. The molecule has 16 nitrogen and oxygen atoms in total. The summed E-state index contributed by atoms with van der Waals surface area (Å²) in [4.78, 5) is 74.8. The number of nitrogens with zero attached hydrogens (tertiary/aromatic N) is 2. The normalized spacial score (nSPS) is 18.5. The molecule has 2 fully saturated rings. The number of nitrogens with two attached hydrogens (primary N) is 2. The number of fused-ring (bicyclic) bond motifs is 1. The van der Waals surface area contributed by atoms with E-state index in [1.165, 1.54) is 30.9 Å². The summed E-state index contributed by atoms with van der Waals surface area (Å²) in [6.45, 7) is 2.24. The Bertz CT molecular complexity index is 1790. The molecule has 8 N–H and O–H groups in total. The first kappa shape index (κ1) is 41.0. The molecule has 3 heterocycles. The lowest BCUT2D eigenvalue weighted by Crippen LogP contribution is -2.51. The molecule has 3 aliphatic heterocycles. The van der Waals surface area contributed by atoms with Crippen LogP contribution in [0.3, 0.4) is 0 Å². The van der Waals surface area contributed by atoms with Gasteiger partial charge in [0.05, 0.1) is 27.3 Å². The van der Waals surface area contributed by atoms with Crippen molar-refractivity contribution in [2.45, 2.75) is 70.4 Å². The number of hydrogen-bond donors (Lipinski definition) is 6. The van der Waals surface area contributed by atoms with Gasteiger partial charge >= 0.3 is 0 Å². The fourth-order valence-corrected chi connectivity index (χ4v) is 6.15. The van der Waals surface area contributed by atoms with E-state index >= 15 is 0 Å². The van der Waals surface area contributed by atoms with E-state index in [4.69, 9.17) is 20.9 Å². The molecule has 0 aromatic heterocycles. The standard InChI is InChI=1S/C22H26F2N4O7.C14H20N4O/c1-34-15-5-3-12(7-16(15)35-2)9-25-21(33)19(31)14-8-22(23,24)11-28(14)18(30)10-26-20(32)13-4-6-17(29)27-13;1-10(19)18-8-12-4-2-3-11(14(12)9-18)6-17-7-13(16)5-15/h3,5,7,13-14H,4,6,8-11H2,1-2H3,(H,25,33)(H,26,32)(H,27,29);2-4,7,17H,5-6,8-9,15-16H2,1H3/b;13-7-. The third-order valence-electron chi connectivity index (χ3n) is 9.08. The van der Waals surface area contributed by atoms with Crippen LogP contribution in [0.4, 0.5) is 8.78 Å². The molecule has 2 unspecified atom stereocenters. The molecule has 0 aliphatic carbocycles. The van der Waals surface area contributed by atoms with Crippen molar-refractivity contribution in [2.75, 3.05) is 33.9 Å². The SMILES string of the molecule is CC(=O)N1Cc2cccc(CN/C=C(\N)CN)c2C1.COc1ccc(CNC(=O)C(=O)C2CC(F)(F)CN2C(=O)CNC(=O)C2CCC(=O)N2)cc1OC. The maximum absolute atomic E-state index is 14.1. The van der Waals surface area contributed by atoms with Crippen LogP contribution < -0.4 is 42.2 Å². The lowest BCUT2D eigenvalue weighted by Gasteiger charge is -2.23. The van der Waals surface area contributed by atoms with Gasteiger partial charge in [0.2, 0.25) is 29.4 Å². The molecule has 5 rings (SSSR count). The number of halogens is 2. The quantitative estimate of drug-likeness (QED) is 0.148. The largest absolute Gasteiger partial charge is 0.493 e. The molecular weight excluding hydrogens is 710 g/mol. The molecule has 2 aromatic rings. The summed E-state index contributed by atoms with van der Waals surface area (Å²) in [5.74, 6) is -6.59. The average molecular weight is 757 g/mol. The van der Waals surface area contributed by atoms with Crippen molar-refractivity contribution in [3.8, 4) is 11.5 Å². The summed E-state index contributed by atoms with van der Waals surface area (Å²) in [6.07, 6.45) is 1.15. The lowest BCUT2D eigenvalue weighted by molar-refractivity contribution is -0.144. The van der Waals surface area contributed by atoms with E-state index in [2.05, 4.69) is 33.4 Å². The molecule has 0 radical (unpaired) electrons. The van der Waals surface area contributed by atoms with Crippen LogP contribution in [0.25, 0.3) is 0 Å². The van der Waals surface area contributed by atoms with Gasteiger partial charge in [-0.1, -0.05) is 24.3 Å². The van der Waals surface area contributed by atoms with Crippen molar-refractivity contribution in [1.29, 1.82) is 0 Å². The molecule has 2 aromatic carbocycles. The topological polar surface area (TPSA) is 228 Å². The van der Waals surface area contributed by atoms with Gasteiger partial charge in [0.1, 0.15) is 12.1 Å². The predicted octanol–water partition coefficient (Wildman–Crippen LogP) is -0.0828. The summed E-state index contributed by atoms with van der Waals surface area (Å²) in [7, 11) is 2.89. The van der Waals surface area contributed by atoms with Crippen molar-refractivity contribution >= 4 is 35.3 Å². The van der Waals surface area contributed by atoms with Crippen molar-refractivity contribution in [3.63, 3.8) is 0 Å². The van der Waals surface area contributed by atoms with Gasteiger partial charge in [-0.2, -0.15) is 0 Å². The van der Waals surface area contributed by atoms with Gasteiger partial charge in [-0.3, -0.25) is 28.8 Å². The number of methoxy groups -OCH3 is 2. The molecule has 2 saturated heterocycles. The zero-order valence-electron chi connectivity index (χ0n) is 30.3. The van der Waals surface area contributed by atoms with Crippen LogP contribution in [0.5, 0.6) is 11.5 Å². The number of nitrogens with one attached hydrogen (secondary N) is 4. The van der Waals surface area contributed by atoms with E-state index in [1.54, 1.807) is 31.3 Å². The van der Waals surface area contributed by atoms with Crippen LogP contribution >= 0.6 is 0 Å². The Balaban J connectivity index is 0.000000287. The highest BCUT2D eigenvalue weighted by Crippen LogP contribution is 2.33. The molecule has 54 heavy (non-hydrogen) atoms. The van der Waals surface area contributed by atoms with Crippen LogP contribution in [0.1, 0.15) is 48.4 Å². The molecule has 292 valence electrons. The monoisotopic (exact) mass is 756 g/mol. The number of benzene rings is 2. The summed E-state index contributed by atoms with van der Waals surface area (Å²) < 4.78 is 38.5. The average Bonchev–Trinajstić information content (AvgIpc) is 3.89. The first-order valence-electron chi connectivity index (χ1n) is 17.2. The third-order valence-corrected chi connectivity index (χ3v) is 9.08. The smallest absolute Gasteiger partial charge is 0.289 e. The maximum atomic E-state index is 14.1. The molecule has 3 aliphatic rings. The van der Waals surface area contributed by atoms with Gasteiger partial charge in [0.15, 0.2) is 11.5 Å². The van der Waals surface area contributed by atoms with Crippen molar-refractivity contribution in [3.05, 3.63) is 70.5 Å². The van der Waals surface area contributed by atoms with Crippen LogP contribution in [0.15, 0.2) is 48.3 Å². The van der Waals surface area contributed by atoms with Crippen LogP contribution in [0.2, 0.25) is 0 Å². The van der Waals surface area contributed by atoms with Gasteiger partial charge in [-0.15, -0.1) is 0 Å². The molecule has 2 atom stereocenters. The first-order chi connectivity index (χ1) is 25.7.